The molecule has 41 heavy (non-hydrogen) atoms. The first-order valence-electron chi connectivity index (χ1n) is 13.7. The van der Waals surface area contributed by atoms with Crippen LogP contribution in [0.15, 0.2) is 103 Å². The molecule has 5 aromatic carbocycles. The van der Waals surface area contributed by atoms with Gasteiger partial charge in [0, 0.05) is 6.42 Å². The van der Waals surface area contributed by atoms with E-state index in [0.717, 1.165) is 27.3 Å². The number of hydrogen-bond donors (Lipinski definition) is 0. The molecule has 6 rings (SSSR count). The molecule has 1 aliphatic rings. The van der Waals surface area contributed by atoms with E-state index in [4.69, 9.17) is 18.9 Å². The molecule has 6 heteroatoms. The van der Waals surface area contributed by atoms with Gasteiger partial charge < -0.3 is 18.9 Å². The van der Waals surface area contributed by atoms with Crippen LogP contribution < -0.4 is 4.74 Å². The zero-order chi connectivity index (χ0) is 28.3. The molecule has 0 spiro atoms. The molecular formula is C35H30O6. The Morgan fingerprint density at radius 2 is 1.29 bits per heavy atom. The molecule has 1 fully saturated rings. The van der Waals surface area contributed by atoms with Gasteiger partial charge in [-0.15, -0.1) is 0 Å². The molecule has 0 saturated carbocycles. The lowest BCUT2D eigenvalue weighted by Gasteiger charge is -2.19. The van der Waals surface area contributed by atoms with Crippen LogP contribution in [0.5, 0.6) is 5.75 Å². The number of ether oxygens (including phenoxy) is 4. The molecule has 5 aromatic rings. The summed E-state index contributed by atoms with van der Waals surface area (Å²) in [4.78, 5) is 25.6. The second kappa shape index (κ2) is 11.4. The number of esters is 2. The van der Waals surface area contributed by atoms with Crippen LogP contribution in [0.25, 0.3) is 21.5 Å². The largest absolute Gasteiger partial charge is 0.465 e. The molecule has 0 aromatic heterocycles. The molecule has 6 nitrogen and oxygen atoms in total. The molecule has 0 amide bonds. The fourth-order valence-electron chi connectivity index (χ4n) is 5.00. The van der Waals surface area contributed by atoms with Gasteiger partial charge in [-0.2, -0.15) is 0 Å². The standard InChI is InChI=1S/C35H30O6/c1-22-7-11-24(12-8-22)34(36)38-21-32-31(41-35(37)25-13-9-23(2)10-14-25)20-33(40-32)39-30-16-15-28-17-26-5-3-4-6-27(26)18-29(28)19-30/h3-19,31-33H,20-21H2,1-2H3/t31-,32+,33+/m0/s1. The van der Waals surface area contributed by atoms with Crippen molar-refractivity contribution in [2.24, 2.45) is 0 Å². The summed E-state index contributed by atoms with van der Waals surface area (Å²) in [6.07, 6.45) is -1.75. The van der Waals surface area contributed by atoms with Gasteiger partial charge in [0.1, 0.15) is 24.6 Å². The maximum Gasteiger partial charge on any atom is 0.338 e. The predicted molar refractivity (Wildman–Crippen MR) is 157 cm³/mol. The number of fused-ring (bicyclic) bond motifs is 2. The Hall–Kier alpha value is -4.68. The van der Waals surface area contributed by atoms with Crippen LogP contribution in [-0.4, -0.2) is 37.0 Å². The molecule has 0 aliphatic carbocycles. The van der Waals surface area contributed by atoms with Crippen molar-refractivity contribution in [3.05, 3.63) is 125 Å². The summed E-state index contributed by atoms with van der Waals surface area (Å²) in [6.45, 7) is 3.82. The van der Waals surface area contributed by atoms with E-state index in [1.807, 2.05) is 68.4 Å². The number of hydrogen-bond acceptors (Lipinski definition) is 6. The number of benzene rings is 5. The summed E-state index contributed by atoms with van der Waals surface area (Å²) in [5.74, 6) is -0.297. The Labute approximate surface area is 238 Å². The van der Waals surface area contributed by atoms with Crippen molar-refractivity contribution in [2.45, 2.75) is 38.8 Å². The fraction of sp³-hybridized carbons (Fsp3) is 0.200. The van der Waals surface area contributed by atoms with Gasteiger partial charge in [0.05, 0.1) is 11.1 Å². The molecule has 1 heterocycles. The van der Waals surface area contributed by atoms with Gasteiger partial charge in [0.25, 0.3) is 0 Å². The molecule has 0 unspecified atom stereocenters. The average molecular weight is 547 g/mol. The van der Waals surface area contributed by atoms with Crippen LogP contribution in [0.1, 0.15) is 38.3 Å². The van der Waals surface area contributed by atoms with Crippen LogP contribution in [0.2, 0.25) is 0 Å². The third-order valence-corrected chi connectivity index (χ3v) is 7.32. The Kier molecular flexibility index (Phi) is 7.40. The molecule has 1 saturated heterocycles. The quantitative estimate of drug-likeness (QED) is 0.159. The summed E-state index contributed by atoms with van der Waals surface area (Å²) in [5, 5.41) is 4.47. The Morgan fingerprint density at radius 1 is 0.707 bits per heavy atom. The van der Waals surface area contributed by atoms with Crippen molar-refractivity contribution in [1.29, 1.82) is 0 Å². The van der Waals surface area contributed by atoms with Crippen LogP contribution in [0.4, 0.5) is 0 Å². The topological polar surface area (TPSA) is 71.1 Å². The van der Waals surface area contributed by atoms with E-state index in [0.29, 0.717) is 23.3 Å². The first-order chi connectivity index (χ1) is 19.9. The lowest BCUT2D eigenvalue weighted by molar-refractivity contribution is -0.0969. The van der Waals surface area contributed by atoms with E-state index in [2.05, 4.69) is 24.3 Å². The molecular weight excluding hydrogens is 516 g/mol. The minimum absolute atomic E-state index is 0.0812. The lowest BCUT2D eigenvalue weighted by atomic mass is 10.0. The van der Waals surface area contributed by atoms with E-state index < -0.39 is 30.4 Å². The van der Waals surface area contributed by atoms with Crippen molar-refractivity contribution in [2.75, 3.05) is 6.61 Å². The van der Waals surface area contributed by atoms with Crippen LogP contribution in [0, 0.1) is 13.8 Å². The molecule has 1 aliphatic heterocycles. The van der Waals surface area contributed by atoms with Crippen molar-refractivity contribution < 1.29 is 28.5 Å². The van der Waals surface area contributed by atoms with Gasteiger partial charge in [-0.25, -0.2) is 9.59 Å². The number of rotatable bonds is 7. The van der Waals surface area contributed by atoms with Gasteiger partial charge in [0.15, 0.2) is 0 Å². The van der Waals surface area contributed by atoms with E-state index in [-0.39, 0.29) is 6.61 Å². The van der Waals surface area contributed by atoms with Crippen LogP contribution >= 0.6 is 0 Å². The summed E-state index contributed by atoms with van der Waals surface area (Å²) in [6, 6.07) is 32.7. The zero-order valence-corrected chi connectivity index (χ0v) is 22.9. The van der Waals surface area contributed by atoms with Gasteiger partial charge in [-0.05, 0) is 83.9 Å². The zero-order valence-electron chi connectivity index (χ0n) is 22.9. The summed E-state index contributed by atoms with van der Waals surface area (Å²) < 4.78 is 23.8. The monoisotopic (exact) mass is 546 g/mol. The van der Waals surface area contributed by atoms with Crippen molar-refractivity contribution in [3.8, 4) is 5.75 Å². The Morgan fingerprint density at radius 3 is 1.95 bits per heavy atom. The molecule has 0 radical (unpaired) electrons. The molecule has 206 valence electrons. The Balaban J connectivity index is 1.18. The first-order valence-corrected chi connectivity index (χ1v) is 13.7. The highest BCUT2D eigenvalue weighted by molar-refractivity contribution is 5.98. The van der Waals surface area contributed by atoms with Gasteiger partial charge in [-0.1, -0.05) is 65.7 Å². The van der Waals surface area contributed by atoms with Gasteiger partial charge >= 0.3 is 11.9 Å². The molecule has 0 N–H and O–H groups in total. The normalized spacial score (nSPS) is 18.3. The Bertz CT molecular complexity index is 1710. The average Bonchev–Trinajstić information content (AvgIpc) is 3.35. The lowest BCUT2D eigenvalue weighted by Crippen LogP contribution is -2.32. The van der Waals surface area contributed by atoms with E-state index in [1.165, 1.54) is 5.39 Å². The summed E-state index contributed by atoms with van der Waals surface area (Å²) in [7, 11) is 0. The minimum Gasteiger partial charge on any atom is -0.465 e. The van der Waals surface area contributed by atoms with Crippen molar-refractivity contribution in [1.82, 2.24) is 0 Å². The van der Waals surface area contributed by atoms with Crippen molar-refractivity contribution >= 4 is 33.5 Å². The van der Waals surface area contributed by atoms with Crippen LogP contribution in [-0.2, 0) is 14.2 Å². The van der Waals surface area contributed by atoms with Gasteiger partial charge in [0.2, 0.25) is 6.29 Å². The second-order valence-corrected chi connectivity index (χ2v) is 10.4. The highest BCUT2D eigenvalue weighted by Gasteiger charge is 2.40. The van der Waals surface area contributed by atoms with E-state index >= 15 is 0 Å². The van der Waals surface area contributed by atoms with E-state index in [1.54, 1.807) is 24.3 Å². The third-order valence-electron chi connectivity index (χ3n) is 7.32. The predicted octanol–water partition coefficient (Wildman–Crippen LogP) is 7.19. The van der Waals surface area contributed by atoms with Gasteiger partial charge in [-0.3, -0.25) is 0 Å². The van der Waals surface area contributed by atoms with E-state index in [9.17, 15) is 9.59 Å². The molecule has 0 bridgehead atoms. The molecule has 3 atom stereocenters. The van der Waals surface area contributed by atoms with Crippen LogP contribution in [0.3, 0.4) is 0 Å². The SMILES string of the molecule is Cc1ccc(C(=O)OC[C@H]2O[C@@H](Oc3ccc4cc5ccccc5cc4c3)C[C@@H]2OC(=O)c2ccc(C)cc2)cc1. The second-order valence-electron chi connectivity index (χ2n) is 10.4. The maximum atomic E-state index is 12.9. The summed E-state index contributed by atoms with van der Waals surface area (Å²) >= 11 is 0. The number of carbonyl (C=O) groups excluding carboxylic acids is 2. The highest BCUT2D eigenvalue weighted by Crippen LogP contribution is 2.31. The fourth-order valence-corrected chi connectivity index (χ4v) is 5.00. The third kappa shape index (κ3) is 6.08. The smallest absolute Gasteiger partial charge is 0.338 e. The minimum atomic E-state index is -0.688. The number of aryl methyl sites for hydroxylation is 2. The number of carbonyl (C=O) groups is 2. The highest BCUT2D eigenvalue weighted by atomic mass is 16.7. The van der Waals surface area contributed by atoms with Crippen molar-refractivity contribution in [3.63, 3.8) is 0 Å². The maximum absolute atomic E-state index is 12.9. The summed E-state index contributed by atoms with van der Waals surface area (Å²) in [5.41, 5.74) is 2.98. The first kappa shape index (κ1) is 26.5.